The molecule has 1 atom stereocenters. The first kappa shape index (κ1) is 18.7. The van der Waals surface area contributed by atoms with Crippen LogP contribution in [0, 0.1) is 0 Å². The summed E-state index contributed by atoms with van der Waals surface area (Å²) in [6.45, 7) is -0.250. The van der Waals surface area contributed by atoms with Crippen LogP contribution in [0.1, 0.15) is 11.1 Å². The van der Waals surface area contributed by atoms with Gasteiger partial charge in [-0.1, -0.05) is 36.5 Å². The number of fused-ring (bicyclic) bond motifs is 1. The number of thioether (sulfide) groups is 1. The third kappa shape index (κ3) is 4.02. The molecular formula is C18H14F3NO2S2. The third-order valence-electron chi connectivity index (χ3n) is 3.96. The third-order valence-corrected chi connectivity index (χ3v) is 5.89. The molecule has 0 aliphatic carbocycles. The summed E-state index contributed by atoms with van der Waals surface area (Å²) in [6.07, 6.45) is -3.95. The molecule has 3 nitrogen and oxygen atoms in total. The first-order valence-corrected chi connectivity index (χ1v) is 8.99. The molecule has 1 heterocycles. The van der Waals surface area contributed by atoms with E-state index in [2.05, 4.69) is 0 Å². The number of rotatable bonds is 4. The second-order valence-corrected chi connectivity index (χ2v) is 7.45. The molecule has 1 aliphatic rings. The van der Waals surface area contributed by atoms with Gasteiger partial charge < -0.3 is 10.0 Å². The van der Waals surface area contributed by atoms with Crippen LogP contribution in [0.5, 0.6) is 0 Å². The van der Waals surface area contributed by atoms with Gasteiger partial charge in [0.2, 0.25) is 0 Å². The lowest BCUT2D eigenvalue weighted by Gasteiger charge is -2.35. The summed E-state index contributed by atoms with van der Waals surface area (Å²) in [6, 6.07) is 12.3. The van der Waals surface area contributed by atoms with Crippen molar-refractivity contribution in [2.75, 3.05) is 11.4 Å². The van der Waals surface area contributed by atoms with Gasteiger partial charge in [-0.15, -0.1) is 11.8 Å². The summed E-state index contributed by atoms with van der Waals surface area (Å²) in [7, 11) is 0. The van der Waals surface area contributed by atoms with E-state index in [1.807, 2.05) is 24.3 Å². The Morgan fingerprint density at radius 3 is 2.42 bits per heavy atom. The molecule has 1 unspecified atom stereocenters. The van der Waals surface area contributed by atoms with Gasteiger partial charge in [-0.3, -0.25) is 4.79 Å². The summed E-state index contributed by atoms with van der Waals surface area (Å²) < 4.78 is 38.1. The molecule has 0 saturated heterocycles. The number of carbonyl (C=O) groups is 1. The maximum atomic E-state index is 12.7. The number of nitrogens with zero attached hydrogens (tertiary/aromatic N) is 1. The maximum Gasteiger partial charge on any atom is 0.416 e. The van der Waals surface area contributed by atoms with Crippen molar-refractivity contribution in [2.24, 2.45) is 0 Å². The minimum Gasteiger partial charge on any atom is -0.480 e. The molecule has 8 heteroatoms. The van der Waals surface area contributed by atoms with Crippen LogP contribution in [0.3, 0.4) is 0 Å². The molecule has 0 amide bonds. The lowest BCUT2D eigenvalue weighted by Crippen LogP contribution is -2.43. The molecule has 2 aromatic rings. The Labute approximate surface area is 157 Å². The monoisotopic (exact) mass is 397 g/mol. The zero-order valence-electron chi connectivity index (χ0n) is 13.4. The van der Waals surface area contributed by atoms with E-state index in [0.29, 0.717) is 17.0 Å². The largest absolute Gasteiger partial charge is 0.480 e. The molecule has 1 aliphatic heterocycles. The van der Waals surface area contributed by atoms with E-state index < -0.39 is 17.7 Å². The Morgan fingerprint density at radius 2 is 1.81 bits per heavy atom. The molecule has 0 fully saturated rings. The number of hydrogen-bond acceptors (Lipinski definition) is 3. The molecule has 0 bridgehead atoms. The van der Waals surface area contributed by atoms with E-state index >= 15 is 0 Å². The maximum absolute atomic E-state index is 12.7. The molecule has 3 rings (SSSR count). The highest BCUT2D eigenvalue weighted by atomic mass is 32.2. The van der Waals surface area contributed by atoms with Crippen LogP contribution in [0.2, 0.25) is 0 Å². The molecule has 0 spiro atoms. The molecule has 0 saturated carbocycles. The summed E-state index contributed by atoms with van der Waals surface area (Å²) >= 11 is 6.99. The van der Waals surface area contributed by atoms with Crippen LogP contribution in [0.4, 0.5) is 18.9 Å². The zero-order chi connectivity index (χ0) is 18.9. The van der Waals surface area contributed by atoms with Crippen molar-refractivity contribution in [1.29, 1.82) is 0 Å². The molecular weight excluding hydrogens is 383 g/mol. The first-order valence-electron chi connectivity index (χ1n) is 7.70. The van der Waals surface area contributed by atoms with Crippen molar-refractivity contribution in [3.63, 3.8) is 0 Å². The van der Waals surface area contributed by atoms with Crippen molar-refractivity contribution in [1.82, 2.24) is 0 Å². The highest BCUT2D eigenvalue weighted by Crippen LogP contribution is 2.41. The van der Waals surface area contributed by atoms with Gasteiger partial charge in [0.05, 0.1) is 21.5 Å². The number of alkyl halides is 3. The predicted octanol–water partition coefficient (Wildman–Crippen LogP) is 4.64. The predicted molar refractivity (Wildman–Crippen MR) is 98.8 cm³/mol. The van der Waals surface area contributed by atoms with Crippen molar-refractivity contribution < 1.29 is 23.1 Å². The fraction of sp³-hybridized carbons (Fsp3) is 0.222. The number of para-hydroxylation sites is 1. The van der Waals surface area contributed by atoms with Gasteiger partial charge in [-0.05, 0) is 36.2 Å². The van der Waals surface area contributed by atoms with Crippen LogP contribution >= 0.6 is 24.0 Å². The Morgan fingerprint density at radius 1 is 1.15 bits per heavy atom. The topological polar surface area (TPSA) is 40.5 Å². The number of aliphatic carboxylic acids is 1. The smallest absolute Gasteiger partial charge is 0.416 e. The van der Waals surface area contributed by atoms with Gasteiger partial charge in [0.15, 0.2) is 0 Å². The average molecular weight is 397 g/mol. The van der Waals surface area contributed by atoms with Gasteiger partial charge in [0.1, 0.15) is 6.54 Å². The van der Waals surface area contributed by atoms with E-state index in [4.69, 9.17) is 12.2 Å². The fourth-order valence-electron chi connectivity index (χ4n) is 2.75. The minimum atomic E-state index is -4.37. The number of carboxylic acids is 1. The molecule has 26 heavy (non-hydrogen) atoms. The normalized spacial score (nSPS) is 17.1. The summed E-state index contributed by atoms with van der Waals surface area (Å²) in [5.74, 6) is -0.998. The minimum absolute atomic E-state index is 0.226. The summed E-state index contributed by atoms with van der Waals surface area (Å²) in [5.41, 5.74) is 0.763. The highest BCUT2D eigenvalue weighted by Gasteiger charge is 2.32. The molecule has 2 aromatic carbocycles. The van der Waals surface area contributed by atoms with Crippen molar-refractivity contribution >= 4 is 40.6 Å². The van der Waals surface area contributed by atoms with E-state index in [0.717, 1.165) is 22.7 Å². The van der Waals surface area contributed by atoms with Gasteiger partial charge >= 0.3 is 12.1 Å². The Kier molecular flexibility index (Phi) is 5.24. The highest BCUT2D eigenvalue weighted by molar-refractivity contribution is 8.02. The Hall–Kier alpha value is -2.06. The van der Waals surface area contributed by atoms with E-state index in [1.54, 1.807) is 4.90 Å². The summed E-state index contributed by atoms with van der Waals surface area (Å²) in [4.78, 5) is 14.2. The SMILES string of the molecule is O=C(O)CN1C(=S)C(Cc2ccc(C(F)(F)F)cc2)Sc2ccccc21. The van der Waals surface area contributed by atoms with Gasteiger partial charge in [0, 0.05) is 4.90 Å². The van der Waals surface area contributed by atoms with Crippen molar-refractivity contribution in [3.05, 3.63) is 59.7 Å². The first-order chi connectivity index (χ1) is 12.3. The standard InChI is InChI=1S/C18H14F3NO2S2/c19-18(20,21)12-7-5-11(6-8-12)9-15-17(25)22(10-16(23)24)13-3-1-2-4-14(13)26-15/h1-8,15H,9-10H2,(H,23,24). The lowest BCUT2D eigenvalue weighted by molar-refractivity contribution is -0.137. The van der Waals surface area contributed by atoms with E-state index in [9.17, 15) is 23.1 Å². The number of thiocarbonyl (C=S) groups is 1. The number of hydrogen-bond donors (Lipinski definition) is 1. The lowest BCUT2D eigenvalue weighted by atomic mass is 10.1. The average Bonchev–Trinajstić information content (AvgIpc) is 2.58. The van der Waals surface area contributed by atoms with Crippen LogP contribution in [0.15, 0.2) is 53.4 Å². The van der Waals surface area contributed by atoms with Gasteiger partial charge in [0.25, 0.3) is 0 Å². The van der Waals surface area contributed by atoms with Crippen LogP contribution in [-0.2, 0) is 17.4 Å². The second kappa shape index (κ2) is 7.28. The van der Waals surface area contributed by atoms with E-state index in [1.165, 1.54) is 23.9 Å². The second-order valence-electron chi connectivity index (χ2n) is 5.79. The van der Waals surface area contributed by atoms with E-state index in [-0.39, 0.29) is 11.8 Å². The van der Waals surface area contributed by atoms with Crippen LogP contribution in [0.25, 0.3) is 0 Å². The van der Waals surface area contributed by atoms with Crippen LogP contribution in [-0.4, -0.2) is 27.9 Å². The summed E-state index contributed by atoms with van der Waals surface area (Å²) in [5, 5.41) is 8.95. The van der Waals surface area contributed by atoms with Crippen molar-refractivity contribution in [2.45, 2.75) is 22.7 Å². The molecule has 1 N–H and O–H groups in total. The number of halogens is 3. The van der Waals surface area contributed by atoms with Crippen LogP contribution < -0.4 is 4.90 Å². The Balaban J connectivity index is 1.84. The molecule has 0 aromatic heterocycles. The fourth-order valence-corrected chi connectivity index (χ4v) is 4.40. The van der Waals surface area contributed by atoms with Crippen molar-refractivity contribution in [3.8, 4) is 0 Å². The Bertz CT molecular complexity index is 837. The molecule has 136 valence electrons. The number of carboxylic acid groups (broad SMARTS) is 1. The zero-order valence-corrected chi connectivity index (χ0v) is 15.0. The quantitative estimate of drug-likeness (QED) is 0.761. The van der Waals surface area contributed by atoms with Gasteiger partial charge in [-0.25, -0.2) is 0 Å². The number of benzene rings is 2. The van der Waals surface area contributed by atoms with Gasteiger partial charge in [-0.2, -0.15) is 13.2 Å². The number of anilines is 1. The molecule has 0 radical (unpaired) electrons.